The van der Waals surface area contributed by atoms with Crippen LogP contribution in [-0.4, -0.2) is 51.6 Å². The first-order valence-corrected chi connectivity index (χ1v) is 16.6. The Balaban J connectivity index is 1.91. The molecule has 2 rings (SSSR count). The van der Waals surface area contributed by atoms with Crippen molar-refractivity contribution in [3.8, 4) is 0 Å². The Morgan fingerprint density at radius 2 is 2.09 bits per heavy atom. The van der Waals surface area contributed by atoms with Crippen LogP contribution in [0.3, 0.4) is 0 Å². The second kappa shape index (κ2) is 14.1. The van der Waals surface area contributed by atoms with Crippen molar-refractivity contribution in [2.75, 3.05) is 19.8 Å². The lowest BCUT2D eigenvalue weighted by atomic mass is 10.1. The van der Waals surface area contributed by atoms with Crippen LogP contribution in [0.15, 0.2) is 22.9 Å². The average molecular weight is 528 g/mol. The highest BCUT2D eigenvalue weighted by molar-refractivity contribution is 7.09. The fourth-order valence-corrected chi connectivity index (χ4v) is 5.24. The van der Waals surface area contributed by atoms with Crippen molar-refractivity contribution in [2.45, 2.75) is 110 Å². The molecule has 0 aromatic carbocycles. The van der Waals surface area contributed by atoms with Gasteiger partial charge in [-0.1, -0.05) is 32.4 Å². The molecule has 1 aromatic heterocycles. The number of halogens is 1. The molecule has 35 heavy (non-hydrogen) atoms. The number of hydrogen-bond donors (Lipinski definition) is 0. The van der Waals surface area contributed by atoms with Crippen LogP contribution in [0.2, 0.25) is 18.1 Å². The van der Waals surface area contributed by atoms with E-state index in [2.05, 4.69) is 51.8 Å². The molecule has 200 valence electrons. The molecule has 0 saturated carbocycles. The monoisotopic (exact) mass is 527 g/mol. The van der Waals surface area contributed by atoms with Crippen molar-refractivity contribution in [3.05, 3.63) is 33.6 Å². The highest BCUT2D eigenvalue weighted by Crippen LogP contribution is 2.39. The molecule has 8 heteroatoms. The molecule has 1 fully saturated rings. The van der Waals surface area contributed by atoms with Crippen LogP contribution in [0.4, 0.5) is 4.39 Å². The molecule has 0 aliphatic carbocycles. The van der Waals surface area contributed by atoms with Gasteiger partial charge in [-0.2, -0.15) is 0 Å². The van der Waals surface area contributed by atoms with Gasteiger partial charge in [0.25, 0.3) is 0 Å². The molecule has 0 radical (unpaired) electrons. The molecule has 1 saturated heterocycles. The fraction of sp³-hybridized carbons (Fsp3) is 0.741. The van der Waals surface area contributed by atoms with Crippen LogP contribution in [0, 0.1) is 6.92 Å². The molecule has 0 spiro atoms. The van der Waals surface area contributed by atoms with E-state index in [9.17, 15) is 0 Å². The largest absolute Gasteiger partial charge is 0.407 e. The van der Waals surface area contributed by atoms with Crippen molar-refractivity contribution in [2.24, 2.45) is 0 Å². The third-order valence-corrected chi connectivity index (χ3v) is 12.0. The predicted molar refractivity (Wildman–Crippen MR) is 146 cm³/mol. The molecule has 1 aromatic rings. The first-order chi connectivity index (χ1) is 16.4. The summed E-state index contributed by atoms with van der Waals surface area (Å²) in [4.78, 5) is 4.38. The first kappa shape index (κ1) is 30.3. The van der Waals surface area contributed by atoms with Crippen molar-refractivity contribution in [3.63, 3.8) is 0 Å². The molecule has 1 aliphatic heterocycles. The molecule has 1 aliphatic rings. The second-order valence-corrected chi connectivity index (χ2v) is 16.9. The van der Waals surface area contributed by atoms with Crippen molar-refractivity contribution >= 4 is 25.7 Å². The smallest absolute Gasteiger partial charge is 0.193 e. The number of nitrogens with zero attached hydrogens (tertiary/aromatic N) is 1. The van der Waals surface area contributed by atoms with E-state index in [0.29, 0.717) is 25.3 Å². The van der Waals surface area contributed by atoms with E-state index in [1.807, 2.05) is 19.2 Å². The molecule has 0 amide bonds. The lowest BCUT2D eigenvalue weighted by molar-refractivity contribution is -0.178. The zero-order valence-electron chi connectivity index (χ0n) is 23.0. The van der Waals surface area contributed by atoms with E-state index in [-0.39, 0.29) is 23.3 Å². The normalized spacial score (nSPS) is 20.2. The zero-order valence-corrected chi connectivity index (χ0v) is 24.8. The second-order valence-electron chi connectivity index (χ2n) is 11.0. The number of thiazole rings is 1. The SMILES string of the molecule is C/C(=C/C[C@H](O[Si](C)(C)C(C)(C)C)/C(F)=C/c1csc(C)n1)CCOC(C)CO[C@@H]1CCCCO1. The summed E-state index contributed by atoms with van der Waals surface area (Å²) in [6.45, 7) is 18.8. The van der Waals surface area contributed by atoms with E-state index >= 15 is 4.39 Å². The Labute approximate surface area is 217 Å². The minimum Gasteiger partial charge on any atom is -0.407 e. The van der Waals surface area contributed by atoms with Gasteiger partial charge in [-0.25, -0.2) is 9.37 Å². The predicted octanol–water partition coefficient (Wildman–Crippen LogP) is 7.83. The standard InChI is InChI=1S/C27H46FNO4SSi/c1-20(14-16-30-21(2)18-32-26-11-9-10-15-31-26)12-13-25(33-35(7,8)27(4,5)6)24(28)17-23-19-34-22(3)29-23/h12,17,19,21,25-26H,9-11,13-16,18H2,1-8H3/b20-12-,24-17-/t21?,25-,26+/m0/s1. The van der Waals surface area contributed by atoms with Gasteiger partial charge in [0, 0.05) is 12.0 Å². The molecule has 5 nitrogen and oxygen atoms in total. The molecular weight excluding hydrogens is 481 g/mol. The molecular formula is C27H46FNO4SSi. The minimum atomic E-state index is -2.16. The summed E-state index contributed by atoms with van der Waals surface area (Å²) in [7, 11) is -2.16. The Kier molecular flexibility index (Phi) is 12.3. The maximum absolute atomic E-state index is 15.4. The summed E-state index contributed by atoms with van der Waals surface area (Å²) >= 11 is 1.52. The minimum absolute atomic E-state index is 0.00375. The molecule has 0 N–H and O–H groups in total. The molecule has 0 bridgehead atoms. The third-order valence-electron chi connectivity index (χ3n) is 6.71. The van der Waals surface area contributed by atoms with Crippen LogP contribution in [0.5, 0.6) is 0 Å². The average Bonchev–Trinajstić information content (AvgIpc) is 3.19. The molecule has 2 heterocycles. The van der Waals surface area contributed by atoms with Gasteiger partial charge in [0.2, 0.25) is 0 Å². The highest BCUT2D eigenvalue weighted by Gasteiger charge is 2.39. The van der Waals surface area contributed by atoms with Gasteiger partial charge in [0.15, 0.2) is 14.6 Å². The Morgan fingerprint density at radius 1 is 1.34 bits per heavy atom. The number of aromatic nitrogens is 1. The van der Waals surface area contributed by atoms with E-state index in [4.69, 9.17) is 18.6 Å². The van der Waals surface area contributed by atoms with Crippen molar-refractivity contribution in [1.82, 2.24) is 4.98 Å². The topological polar surface area (TPSA) is 49.8 Å². The van der Waals surface area contributed by atoms with Crippen LogP contribution in [-0.2, 0) is 18.6 Å². The van der Waals surface area contributed by atoms with Crippen LogP contribution in [0.25, 0.3) is 6.08 Å². The Bertz CT molecular complexity index is 827. The van der Waals surface area contributed by atoms with E-state index in [1.165, 1.54) is 17.4 Å². The summed E-state index contributed by atoms with van der Waals surface area (Å²) in [6, 6.07) is 0. The number of ether oxygens (including phenoxy) is 3. The first-order valence-electron chi connectivity index (χ1n) is 12.8. The van der Waals surface area contributed by atoms with E-state index in [1.54, 1.807) is 0 Å². The van der Waals surface area contributed by atoms with Crippen LogP contribution >= 0.6 is 11.3 Å². The van der Waals surface area contributed by atoms with Crippen molar-refractivity contribution in [1.29, 1.82) is 0 Å². The molecule has 3 atom stereocenters. The number of aryl methyl sites for hydroxylation is 1. The summed E-state index contributed by atoms with van der Waals surface area (Å²) in [5.41, 5.74) is 1.81. The summed E-state index contributed by atoms with van der Waals surface area (Å²) in [5.74, 6) is -0.267. The fourth-order valence-electron chi connectivity index (χ4n) is 3.40. The maximum Gasteiger partial charge on any atom is 0.193 e. The van der Waals surface area contributed by atoms with E-state index < -0.39 is 14.4 Å². The highest BCUT2D eigenvalue weighted by atomic mass is 32.1. The summed E-state index contributed by atoms with van der Waals surface area (Å²) < 4.78 is 39.2. The third kappa shape index (κ3) is 10.9. The summed E-state index contributed by atoms with van der Waals surface area (Å²) in [5, 5.41) is 2.80. The zero-order chi connectivity index (χ0) is 26.1. The lowest BCUT2D eigenvalue weighted by Crippen LogP contribution is -2.44. The maximum atomic E-state index is 15.4. The van der Waals surface area contributed by atoms with Gasteiger partial charge in [0.05, 0.1) is 30.0 Å². The van der Waals surface area contributed by atoms with Gasteiger partial charge in [-0.3, -0.25) is 0 Å². The molecule has 1 unspecified atom stereocenters. The van der Waals surface area contributed by atoms with Gasteiger partial charge < -0.3 is 18.6 Å². The van der Waals surface area contributed by atoms with Gasteiger partial charge in [0.1, 0.15) is 11.9 Å². The number of rotatable bonds is 13. The quantitative estimate of drug-likeness (QED) is 0.193. The van der Waals surface area contributed by atoms with Gasteiger partial charge in [-0.15, -0.1) is 11.3 Å². The van der Waals surface area contributed by atoms with Gasteiger partial charge in [-0.05, 0) is 77.1 Å². The lowest BCUT2D eigenvalue weighted by Gasteiger charge is -2.38. The van der Waals surface area contributed by atoms with Crippen molar-refractivity contribution < 1.29 is 23.0 Å². The van der Waals surface area contributed by atoms with E-state index in [0.717, 1.165) is 42.9 Å². The number of hydrogen-bond acceptors (Lipinski definition) is 6. The Morgan fingerprint density at radius 3 is 2.69 bits per heavy atom. The van der Waals surface area contributed by atoms with Crippen LogP contribution < -0.4 is 0 Å². The Hall–Kier alpha value is -0.903. The van der Waals surface area contributed by atoms with Crippen LogP contribution in [0.1, 0.15) is 77.4 Å². The summed E-state index contributed by atoms with van der Waals surface area (Å²) in [6.07, 6.45) is 7.40. The van der Waals surface area contributed by atoms with Gasteiger partial charge >= 0.3 is 0 Å².